The number of nitrogens with two attached hydrogens (primary N) is 1. The molecule has 0 radical (unpaired) electrons. The van der Waals surface area contributed by atoms with E-state index in [4.69, 9.17) is 5.73 Å². The Bertz CT molecular complexity index is 1800. The number of alkyl halides is 3. The molecule has 3 aromatic carbocycles. The van der Waals surface area contributed by atoms with Gasteiger partial charge in [-0.2, -0.15) is 13.2 Å². The van der Waals surface area contributed by atoms with Crippen LogP contribution in [0.4, 0.5) is 13.2 Å². The molecule has 278 valence electrons. The lowest BCUT2D eigenvalue weighted by Gasteiger charge is -2.26. The second-order valence-corrected chi connectivity index (χ2v) is 11.9. The molecule has 1 heterocycles. The first-order chi connectivity index (χ1) is 24.7. The molecule has 8 N–H and O–H groups in total. The summed E-state index contributed by atoms with van der Waals surface area (Å²) in [4.78, 5) is 65.6. The highest BCUT2D eigenvalue weighted by molar-refractivity contribution is 5.98. The van der Waals surface area contributed by atoms with E-state index in [-0.39, 0.29) is 6.42 Å². The summed E-state index contributed by atoms with van der Waals surface area (Å²) in [6, 6.07) is 20.3. The molecule has 0 aliphatic carbocycles. The Balaban J connectivity index is 0.00000235. The Labute approximate surface area is 298 Å². The van der Waals surface area contributed by atoms with Crippen LogP contribution in [0.5, 0.6) is 0 Å². The van der Waals surface area contributed by atoms with Crippen molar-refractivity contribution in [3.63, 3.8) is 0 Å². The van der Waals surface area contributed by atoms with Gasteiger partial charge in [-0.15, -0.1) is 0 Å². The van der Waals surface area contributed by atoms with Gasteiger partial charge in [-0.3, -0.25) is 24.0 Å². The summed E-state index contributed by atoms with van der Waals surface area (Å²) in [5.74, 6) is -4.13. The monoisotopic (exact) mass is 724 g/mol. The fourth-order valence-electron chi connectivity index (χ4n) is 5.07. The molecule has 2 unspecified atom stereocenters. The Hall–Kier alpha value is -5.70. The predicted molar refractivity (Wildman–Crippen MR) is 190 cm³/mol. The smallest absolute Gasteiger partial charge is 0.382 e. The van der Waals surface area contributed by atoms with Crippen molar-refractivity contribution in [1.29, 1.82) is 0 Å². The van der Waals surface area contributed by atoms with E-state index in [1.165, 1.54) is 6.42 Å². The molecule has 52 heavy (non-hydrogen) atoms. The van der Waals surface area contributed by atoms with Crippen LogP contribution in [0.3, 0.4) is 0 Å². The van der Waals surface area contributed by atoms with E-state index >= 15 is 0 Å². The van der Waals surface area contributed by atoms with Gasteiger partial charge in [0.25, 0.3) is 5.91 Å². The van der Waals surface area contributed by atoms with Gasteiger partial charge in [0.1, 0.15) is 6.04 Å². The molecule has 0 aliphatic rings. The number of hydrogen-bond acceptors (Lipinski definition) is 6. The number of H-pyrrole nitrogens is 1. The zero-order chi connectivity index (χ0) is 38.3. The van der Waals surface area contributed by atoms with Gasteiger partial charge in [-0.25, -0.2) is 0 Å². The minimum absolute atomic E-state index is 0.0495. The second kappa shape index (κ2) is 19.6. The van der Waals surface area contributed by atoms with E-state index in [0.717, 1.165) is 22.0 Å². The van der Waals surface area contributed by atoms with Crippen LogP contribution in [-0.4, -0.2) is 77.1 Å². The number of nitrogens with one attached hydrogen (secondary N) is 5. The van der Waals surface area contributed by atoms with Gasteiger partial charge in [0.05, 0.1) is 19.1 Å². The Morgan fingerprint density at radius 2 is 1.38 bits per heavy atom. The van der Waals surface area contributed by atoms with Crippen molar-refractivity contribution in [3.8, 4) is 11.1 Å². The number of benzene rings is 3. The quantitative estimate of drug-likeness (QED) is 0.0980. The average Bonchev–Trinajstić information content (AvgIpc) is 3.53. The van der Waals surface area contributed by atoms with Gasteiger partial charge < -0.3 is 37.1 Å². The first-order valence-corrected chi connectivity index (χ1v) is 16.6. The number of para-hydroxylation sites is 1. The van der Waals surface area contributed by atoms with Gasteiger partial charge >= 0.3 is 6.18 Å². The number of halogens is 3. The molecule has 4 aromatic rings. The molecule has 0 saturated heterocycles. The Morgan fingerprint density at radius 1 is 0.808 bits per heavy atom. The van der Waals surface area contributed by atoms with E-state index in [9.17, 15) is 42.3 Å². The van der Waals surface area contributed by atoms with E-state index in [1.807, 2.05) is 41.7 Å². The first-order valence-electron chi connectivity index (χ1n) is 16.6. The highest BCUT2D eigenvalue weighted by Crippen LogP contribution is 2.24. The summed E-state index contributed by atoms with van der Waals surface area (Å²) < 4.78 is 39.4. The van der Waals surface area contributed by atoms with Crippen LogP contribution >= 0.6 is 0 Å². The van der Waals surface area contributed by atoms with Crippen molar-refractivity contribution in [1.82, 2.24) is 26.3 Å². The van der Waals surface area contributed by atoms with Crippen LogP contribution in [0.2, 0.25) is 0 Å². The van der Waals surface area contributed by atoms with Gasteiger partial charge in [-0.05, 0) is 41.3 Å². The van der Waals surface area contributed by atoms with Gasteiger partial charge in [0.2, 0.25) is 23.6 Å². The topological polar surface area (TPSA) is 196 Å². The minimum atomic E-state index is -5.10. The molecule has 1 aromatic heterocycles. The van der Waals surface area contributed by atoms with Crippen molar-refractivity contribution in [3.05, 3.63) is 96.2 Å². The largest absolute Gasteiger partial charge is 0.416 e. The number of amides is 5. The number of aromatic nitrogens is 1. The van der Waals surface area contributed by atoms with Gasteiger partial charge in [-0.1, -0.05) is 80.9 Å². The number of rotatable bonds is 15. The fourth-order valence-corrected chi connectivity index (χ4v) is 5.07. The third kappa shape index (κ3) is 12.6. The van der Waals surface area contributed by atoms with E-state index in [2.05, 4.69) is 34.8 Å². The standard InChI is InChI=1S/C34H35F3N6O6.C3H8/c35-34(36,37)31(47)26(14-15-28(38)44)42-29(45)19-41-33(49)27(16-23-17-39-25-9-5-4-8-24(23)25)43-30(46)18-40-32(48)22-12-10-21(11-13-22)20-6-2-1-3-7-20;1-3-2/h1-13,17,26-27,31,39,47H,14-16,18-19H2,(H2,38,44)(H,40,48)(H,41,49)(H,42,45)(H,43,46);3H2,1-2H3/t26?,27-,31?;/m0./s1. The van der Waals surface area contributed by atoms with Crippen molar-refractivity contribution in [2.75, 3.05) is 13.1 Å². The summed E-state index contributed by atoms with van der Waals surface area (Å²) in [7, 11) is 0. The van der Waals surface area contributed by atoms with Crippen molar-refractivity contribution >= 4 is 40.4 Å². The third-order valence-electron chi connectivity index (χ3n) is 7.60. The molecule has 15 heteroatoms. The molecule has 4 rings (SSSR count). The second-order valence-electron chi connectivity index (χ2n) is 11.9. The number of aromatic amines is 1. The van der Waals surface area contributed by atoms with Crippen LogP contribution < -0.4 is 27.0 Å². The maximum Gasteiger partial charge on any atom is 0.416 e. The summed E-state index contributed by atoms with van der Waals surface area (Å²) in [5, 5.41) is 19.7. The molecule has 12 nitrogen and oxygen atoms in total. The number of hydrogen-bond donors (Lipinski definition) is 7. The zero-order valence-corrected chi connectivity index (χ0v) is 28.8. The normalized spacial score (nSPS) is 12.7. The van der Waals surface area contributed by atoms with Crippen LogP contribution in [-0.2, 0) is 25.6 Å². The van der Waals surface area contributed by atoms with Crippen LogP contribution in [0.25, 0.3) is 22.0 Å². The fraction of sp³-hybridized carbons (Fsp3) is 0.324. The number of carbonyl (C=O) groups excluding carboxylic acids is 5. The van der Waals surface area contributed by atoms with Crippen molar-refractivity contribution in [2.45, 2.75) is 63.9 Å². The molecule has 3 atom stereocenters. The summed E-state index contributed by atoms with van der Waals surface area (Å²) in [6.45, 7) is 2.95. The van der Waals surface area contributed by atoms with Crippen LogP contribution in [0.15, 0.2) is 85.1 Å². The van der Waals surface area contributed by atoms with E-state index in [1.54, 1.807) is 48.7 Å². The molecular weight excluding hydrogens is 681 g/mol. The molecular formula is C37H43F3N6O6. The maximum atomic E-state index is 13.3. The summed E-state index contributed by atoms with van der Waals surface area (Å²) in [5.41, 5.74) is 8.57. The zero-order valence-electron chi connectivity index (χ0n) is 28.8. The van der Waals surface area contributed by atoms with Gasteiger partial charge in [0.15, 0.2) is 6.10 Å². The number of fused-ring (bicyclic) bond motifs is 1. The Morgan fingerprint density at radius 3 is 2.02 bits per heavy atom. The molecule has 0 saturated carbocycles. The molecule has 0 spiro atoms. The number of carbonyl (C=O) groups is 5. The van der Waals surface area contributed by atoms with E-state index in [0.29, 0.717) is 11.1 Å². The third-order valence-corrected chi connectivity index (χ3v) is 7.60. The number of aliphatic hydroxyl groups is 1. The lowest BCUT2D eigenvalue weighted by atomic mass is 10.0. The van der Waals surface area contributed by atoms with Crippen LogP contribution in [0.1, 0.15) is 49.0 Å². The van der Waals surface area contributed by atoms with Gasteiger partial charge in [0, 0.05) is 35.5 Å². The lowest BCUT2D eigenvalue weighted by Crippen LogP contribution is -2.54. The summed E-state index contributed by atoms with van der Waals surface area (Å²) >= 11 is 0. The maximum absolute atomic E-state index is 13.3. The lowest BCUT2D eigenvalue weighted by molar-refractivity contribution is -0.212. The molecule has 0 bridgehead atoms. The van der Waals surface area contributed by atoms with Crippen LogP contribution in [0, 0.1) is 0 Å². The molecule has 0 aliphatic heterocycles. The molecule has 0 fully saturated rings. The summed E-state index contributed by atoms with van der Waals surface area (Å²) in [6.07, 6.45) is -6.39. The highest BCUT2D eigenvalue weighted by atomic mass is 19.4. The number of primary amides is 1. The number of aliphatic hydroxyl groups excluding tert-OH is 1. The van der Waals surface area contributed by atoms with Crippen molar-refractivity contribution in [2.24, 2.45) is 5.73 Å². The SMILES string of the molecule is CCC.NC(=O)CCC(NC(=O)CNC(=O)[C@H](Cc1c[nH]c2ccccc12)NC(=O)CNC(=O)c1ccc(-c2ccccc2)cc1)C(O)C(F)(F)F. The molecule has 5 amide bonds. The minimum Gasteiger partial charge on any atom is -0.382 e. The highest BCUT2D eigenvalue weighted by Gasteiger charge is 2.44. The predicted octanol–water partition coefficient (Wildman–Crippen LogP) is 3.50. The van der Waals surface area contributed by atoms with E-state index < -0.39 is 79.8 Å². The average molecular weight is 725 g/mol. The first kappa shape index (κ1) is 40.7. The Kier molecular flexibility index (Phi) is 15.4. The van der Waals surface area contributed by atoms with Crippen molar-refractivity contribution < 1.29 is 42.3 Å².